The van der Waals surface area contributed by atoms with E-state index in [1.54, 1.807) is 13.3 Å². The summed E-state index contributed by atoms with van der Waals surface area (Å²) in [6, 6.07) is 11.8. The zero-order valence-electron chi connectivity index (χ0n) is 13.2. The molecule has 0 unspecified atom stereocenters. The Bertz CT molecular complexity index is 825. The van der Waals surface area contributed by atoms with Gasteiger partial charge >= 0.3 is 5.97 Å². The smallest absolute Gasteiger partial charge is 0.355 e. The molecule has 0 bridgehead atoms. The molecule has 1 aromatic carbocycles. The van der Waals surface area contributed by atoms with Gasteiger partial charge in [-0.2, -0.15) is 0 Å². The fourth-order valence-electron chi connectivity index (χ4n) is 2.85. The molecule has 0 atom stereocenters. The molecule has 3 rings (SSSR count). The molecular weight excluding hydrogens is 292 g/mol. The summed E-state index contributed by atoms with van der Waals surface area (Å²) < 4.78 is 12.1. The average molecular weight is 310 g/mol. The van der Waals surface area contributed by atoms with Crippen LogP contribution >= 0.6 is 0 Å². The first-order valence-electron chi connectivity index (χ1n) is 7.32. The van der Waals surface area contributed by atoms with E-state index in [-0.39, 0.29) is 12.7 Å². The second-order valence-electron chi connectivity index (χ2n) is 5.22. The van der Waals surface area contributed by atoms with E-state index in [0.717, 1.165) is 22.0 Å². The fraction of sp³-hybridized carbons (Fsp3) is 0.222. The molecule has 0 radical (unpaired) electrons. The molecule has 0 aliphatic carbocycles. The third-order valence-corrected chi connectivity index (χ3v) is 3.82. The number of carbonyl (C=O) groups excluding carboxylic acids is 1. The van der Waals surface area contributed by atoms with Crippen molar-refractivity contribution in [3.8, 4) is 0 Å². The molecule has 2 aromatic heterocycles. The number of aromatic nitrogens is 2. The largest absolute Gasteiger partial charge is 0.464 e. The van der Waals surface area contributed by atoms with Crippen LogP contribution in [0.1, 0.15) is 21.6 Å². The maximum atomic E-state index is 12.4. The van der Waals surface area contributed by atoms with Gasteiger partial charge in [-0.05, 0) is 23.3 Å². The van der Waals surface area contributed by atoms with Gasteiger partial charge in [-0.3, -0.25) is 4.98 Å². The van der Waals surface area contributed by atoms with Crippen molar-refractivity contribution in [2.24, 2.45) is 0 Å². The molecule has 0 saturated carbocycles. The summed E-state index contributed by atoms with van der Waals surface area (Å²) in [6.07, 6.45) is 4.15. The number of fused-ring (bicyclic) bond motifs is 1. The van der Waals surface area contributed by atoms with Crippen molar-refractivity contribution >= 4 is 16.9 Å². The summed E-state index contributed by atoms with van der Waals surface area (Å²) in [7, 11) is 3.00. The van der Waals surface area contributed by atoms with Gasteiger partial charge in [0.05, 0.1) is 12.6 Å². The number of esters is 1. The van der Waals surface area contributed by atoms with Gasteiger partial charge in [0.1, 0.15) is 12.4 Å². The van der Waals surface area contributed by atoms with Crippen molar-refractivity contribution < 1.29 is 14.3 Å². The van der Waals surface area contributed by atoms with Crippen LogP contribution in [0, 0.1) is 0 Å². The van der Waals surface area contributed by atoms with Gasteiger partial charge in [0.2, 0.25) is 0 Å². The van der Waals surface area contributed by atoms with Crippen molar-refractivity contribution in [3.63, 3.8) is 0 Å². The lowest BCUT2D eigenvalue weighted by Crippen LogP contribution is -2.14. The number of methoxy groups -OCH3 is 2. The first-order chi connectivity index (χ1) is 11.3. The number of para-hydroxylation sites is 1. The molecule has 0 fully saturated rings. The number of nitrogens with zero attached hydrogens (tertiary/aromatic N) is 2. The summed E-state index contributed by atoms with van der Waals surface area (Å²) in [5.41, 5.74) is 3.45. The number of rotatable bonds is 5. The normalized spacial score (nSPS) is 10.9. The van der Waals surface area contributed by atoms with Crippen LogP contribution in [0.5, 0.6) is 0 Å². The zero-order valence-corrected chi connectivity index (χ0v) is 13.2. The SMILES string of the molecule is COCn1c(C(=O)OC)c(Cc2cccnc2)c2ccccc21. The van der Waals surface area contributed by atoms with Crippen LogP contribution in [0.15, 0.2) is 48.8 Å². The first-order valence-corrected chi connectivity index (χ1v) is 7.32. The average Bonchev–Trinajstić information content (AvgIpc) is 2.90. The third-order valence-electron chi connectivity index (χ3n) is 3.82. The van der Waals surface area contributed by atoms with E-state index < -0.39 is 0 Å². The molecule has 0 aliphatic heterocycles. The van der Waals surface area contributed by atoms with E-state index in [1.165, 1.54) is 7.11 Å². The van der Waals surface area contributed by atoms with E-state index in [4.69, 9.17) is 9.47 Å². The minimum Gasteiger partial charge on any atom is -0.464 e. The number of carbonyl (C=O) groups is 1. The van der Waals surface area contributed by atoms with E-state index in [9.17, 15) is 4.79 Å². The Morgan fingerprint density at radius 1 is 1.17 bits per heavy atom. The van der Waals surface area contributed by atoms with Crippen molar-refractivity contribution in [3.05, 3.63) is 65.6 Å². The molecule has 23 heavy (non-hydrogen) atoms. The predicted octanol–water partition coefficient (Wildman–Crippen LogP) is 3.02. The minimum atomic E-state index is -0.364. The summed E-state index contributed by atoms with van der Waals surface area (Å²) in [5.74, 6) is -0.364. The monoisotopic (exact) mass is 310 g/mol. The highest BCUT2D eigenvalue weighted by molar-refractivity contribution is 5.99. The van der Waals surface area contributed by atoms with Crippen LogP contribution in [-0.4, -0.2) is 29.7 Å². The van der Waals surface area contributed by atoms with Crippen LogP contribution in [0.3, 0.4) is 0 Å². The Labute approximate surface area is 134 Å². The van der Waals surface area contributed by atoms with E-state index in [1.807, 2.05) is 47.2 Å². The Kier molecular flexibility index (Phi) is 4.39. The number of pyridine rings is 1. The van der Waals surface area contributed by atoms with Gasteiger partial charge in [0.15, 0.2) is 0 Å². The molecule has 2 heterocycles. The van der Waals surface area contributed by atoms with E-state index >= 15 is 0 Å². The van der Waals surface area contributed by atoms with Gasteiger partial charge in [-0.15, -0.1) is 0 Å². The highest BCUT2D eigenvalue weighted by Gasteiger charge is 2.23. The third kappa shape index (κ3) is 2.83. The van der Waals surface area contributed by atoms with Gasteiger partial charge < -0.3 is 14.0 Å². The van der Waals surface area contributed by atoms with Gasteiger partial charge in [-0.25, -0.2) is 4.79 Å². The lowest BCUT2D eigenvalue weighted by molar-refractivity contribution is 0.0568. The number of hydrogen-bond acceptors (Lipinski definition) is 4. The first kappa shape index (κ1) is 15.2. The molecule has 0 amide bonds. The molecular formula is C18H18N2O3. The molecule has 3 aromatic rings. The molecule has 0 spiro atoms. The molecule has 118 valence electrons. The zero-order chi connectivity index (χ0) is 16.2. The lowest BCUT2D eigenvalue weighted by atomic mass is 10.0. The quantitative estimate of drug-likeness (QED) is 0.680. The Balaban J connectivity index is 2.23. The molecule has 0 aliphatic rings. The van der Waals surface area contributed by atoms with Crippen molar-refractivity contribution in [1.82, 2.24) is 9.55 Å². The van der Waals surface area contributed by atoms with E-state index in [0.29, 0.717) is 12.1 Å². The van der Waals surface area contributed by atoms with Gasteiger partial charge in [0, 0.05) is 31.3 Å². The predicted molar refractivity (Wildman–Crippen MR) is 87.3 cm³/mol. The van der Waals surface area contributed by atoms with Crippen LogP contribution in [0.4, 0.5) is 0 Å². The topological polar surface area (TPSA) is 53.4 Å². The minimum absolute atomic E-state index is 0.290. The van der Waals surface area contributed by atoms with Crippen LogP contribution < -0.4 is 0 Å². The molecule has 5 nitrogen and oxygen atoms in total. The lowest BCUT2D eigenvalue weighted by Gasteiger charge is -2.09. The maximum absolute atomic E-state index is 12.4. The Hall–Kier alpha value is -2.66. The molecule has 0 N–H and O–H groups in total. The Morgan fingerprint density at radius 3 is 2.70 bits per heavy atom. The number of ether oxygens (including phenoxy) is 2. The van der Waals surface area contributed by atoms with Crippen LogP contribution in [-0.2, 0) is 22.6 Å². The summed E-state index contributed by atoms with van der Waals surface area (Å²) in [5, 5.41) is 1.02. The maximum Gasteiger partial charge on any atom is 0.355 e. The van der Waals surface area contributed by atoms with Gasteiger partial charge in [0.25, 0.3) is 0 Å². The Morgan fingerprint density at radius 2 is 2.00 bits per heavy atom. The summed E-state index contributed by atoms with van der Waals surface area (Å²) >= 11 is 0. The molecule has 0 saturated heterocycles. The summed E-state index contributed by atoms with van der Waals surface area (Å²) in [6.45, 7) is 0.290. The van der Waals surface area contributed by atoms with Crippen LogP contribution in [0.25, 0.3) is 10.9 Å². The van der Waals surface area contributed by atoms with Crippen molar-refractivity contribution in [2.45, 2.75) is 13.2 Å². The second kappa shape index (κ2) is 6.62. The number of benzene rings is 1. The second-order valence-corrected chi connectivity index (χ2v) is 5.22. The van der Waals surface area contributed by atoms with Gasteiger partial charge in [-0.1, -0.05) is 24.3 Å². The highest BCUT2D eigenvalue weighted by Crippen LogP contribution is 2.29. The van der Waals surface area contributed by atoms with E-state index in [2.05, 4.69) is 4.98 Å². The van der Waals surface area contributed by atoms with Crippen molar-refractivity contribution in [1.29, 1.82) is 0 Å². The summed E-state index contributed by atoms with van der Waals surface area (Å²) in [4.78, 5) is 16.5. The fourth-order valence-corrected chi connectivity index (χ4v) is 2.85. The van der Waals surface area contributed by atoms with Crippen molar-refractivity contribution in [2.75, 3.05) is 14.2 Å². The number of hydrogen-bond donors (Lipinski definition) is 0. The highest BCUT2D eigenvalue weighted by atomic mass is 16.5. The molecule has 5 heteroatoms. The standard InChI is InChI=1S/C18H18N2O3/c1-22-12-20-16-8-4-3-7-14(16)15(17(20)18(21)23-2)10-13-6-5-9-19-11-13/h3-9,11H,10,12H2,1-2H3. The van der Waals surface area contributed by atoms with Crippen LogP contribution in [0.2, 0.25) is 0 Å².